The van der Waals surface area contributed by atoms with E-state index < -0.39 is 23.9 Å². The van der Waals surface area contributed by atoms with Crippen LogP contribution in [0.3, 0.4) is 0 Å². The van der Waals surface area contributed by atoms with Gasteiger partial charge < -0.3 is 20.4 Å². The number of carbonyl (C=O) groups is 3. The van der Waals surface area contributed by atoms with Gasteiger partial charge >= 0.3 is 6.03 Å². The summed E-state index contributed by atoms with van der Waals surface area (Å²) in [5.74, 6) is -1.38. The van der Waals surface area contributed by atoms with Crippen molar-refractivity contribution in [3.63, 3.8) is 0 Å². The van der Waals surface area contributed by atoms with Crippen molar-refractivity contribution in [2.24, 2.45) is 5.92 Å². The van der Waals surface area contributed by atoms with Crippen LogP contribution in [0.15, 0.2) is 84.9 Å². The molecule has 7 heteroatoms. The zero-order valence-corrected chi connectivity index (χ0v) is 23.4. The number of rotatable bonds is 6. The average Bonchev–Trinajstić information content (AvgIpc) is 3.34. The van der Waals surface area contributed by atoms with Gasteiger partial charge in [-0.15, -0.1) is 0 Å². The number of likely N-dealkylation sites (tertiary alicyclic amines) is 1. The van der Waals surface area contributed by atoms with E-state index in [1.807, 2.05) is 111 Å². The van der Waals surface area contributed by atoms with Gasteiger partial charge in [-0.05, 0) is 31.9 Å². The van der Waals surface area contributed by atoms with Crippen molar-refractivity contribution in [1.82, 2.24) is 20.4 Å². The van der Waals surface area contributed by atoms with Gasteiger partial charge in [0.1, 0.15) is 6.04 Å². The topological polar surface area (TPSA) is 81.8 Å². The molecule has 7 nitrogen and oxygen atoms in total. The van der Waals surface area contributed by atoms with Gasteiger partial charge in [0, 0.05) is 43.7 Å². The molecule has 208 valence electrons. The van der Waals surface area contributed by atoms with E-state index in [1.165, 1.54) is 0 Å². The Morgan fingerprint density at radius 3 is 2.02 bits per heavy atom. The van der Waals surface area contributed by atoms with Crippen LogP contribution in [-0.2, 0) is 4.79 Å². The molecule has 5 rings (SSSR count). The Morgan fingerprint density at radius 1 is 0.825 bits per heavy atom. The van der Waals surface area contributed by atoms with Crippen LogP contribution in [0.25, 0.3) is 0 Å². The predicted octanol–water partition coefficient (Wildman–Crippen LogP) is 4.55. The average molecular weight is 539 g/mol. The SMILES string of the molecule is Cc1ccc(C2C(C(=O)c3ccccc3)C(c3ccccc3)C(C(=O)N3CCNCC3)N2C(=O)NC(C)C)cc1. The van der Waals surface area contributed by atoms with E-state index in [0.29, 0.717) is 31.7 Å². The molecule has 2 N–H and O–H groups in total. The highest BCUT2D eigenvalue weighted by Crippen LogP contribution is 2.51. The number of Topliss-reactive ketones (excluding diaryl/α,β-unsaturated/α-hetero) is 1. The Labute approximate surface area is 236 Å². The van der Waals surface area contributed by atoms with Gasteiger partial charge in [-0.2, -0.15) is 0 Å². The molecular weight excluding hydrogens is 500 g/mol. The van der Waals surface area contributed by atoms with Gasteiger partial charge in [-0.1, -0.05) is 90.5 Å². The highest BCUT2D eigenvalue weighted by molar-refractivity contribution is 6.01. The minimum absolute atomic E-state index is 0.0713. The van der Waals surface area contributed by atoms with Gasteiger partial charge in [0.25, 0.3) is 0 Å². The van der Waals surface area contributed by atoms with Gasteiger partial charge in [-0.3, -0.25) is 9.59 Å². The Hall–Kier alpha value is -3.97. The van der Waals surface area contributed by atoms with Crippen LogP contribution in [0.4, 0.5) is 4.79 Å². The molecule has 3 amide bonds. The van der Waals surface area contributed by atoms with Crippen molar-refractivity contribution in [1.29, 1.82) is 0 Å². The number of piperazine rings is 1. The summed E-state index contributed by atoms with van der Waals surface area (Å²) < 4.78 is 0. The Kier molecular flexibility index (Phi) is 8.31. The summed E-state index contributed by atoms with van der Waals surface area (Å²) in [6.07, 6.45) is 0. The van der Waals surface area contributed by atoms with Crippen LogP contribution < -0.4 is 10.6 Å². The van der Waals surface area contributed by atoms with Gasteiger partial charge in [0.2, 0.25) is 5.91 Å². The molecule has 3 aromatic rings. The van der Waals surface area contributed by atoms with Gasteiger partial charge in [-0.25, -0.2) is 4.79 Å². The molecule has 0 bridgehead atoms. The molecule has 2 fully saturated rings. The van der Waals surface area contributed by atoms with E-state index in [0.717, 1.165) is 16.7 Å². The first-order valence-corrected chi connectivity index (χ1v) is 14.2. The lowest BCUT2D eigenvalue weighted by molar-refractivity contribution is -0.136. The molecule has 2 aliphatic heterocycles. The smallest absolute Gasteiger partial charge is 0.318 e. The maximum Gasteiger partial charge on any atom is 0.318 e. The molecule has 0 saturated carbocycles. The molecule has 2 heterocycles. The van der Waals surface area contributed by atoms with Gasteiger partial charge in [0.05, 0.1) is 12.0 Å². The molecule has 0 spiro atoms. The molecule has 40 heavy (non-hydrogen) atoms. The summed E-state index contributed by atoms with van der Waals surface area (Å²) in [6.45, 7) is 8.33. The third-order valence-electron chi connectivity index (χ3n) is 7.96. The molecule has 2 aliphatic rings. The Balaban J connectivity index is 1.74. The fraction of sp³-hybridized carbons (Fsp3) is 0.364. The number of urea groups is 1. The number of amides is 3. The first-order chi connectivity index (χ1) is 19.4. The fourth-order valence-electron chi connectivity index (χ4n) is 6.13. The summed E-state index contributed by atoms with van der Waals surface area (Å²) in [5.41, 5.74) is 3.38. The summed E-state index contributed by atoms with van der Waals surface area (Å²) in [7, 11) is 0. The van der Waals surface area contributed by atoms with E-state index in [1.54, 1.807) is 4.90 Å². The summed E-state index contributed by atoms with van der Waals surface area (Å²) in [5, 5.41) is 6.36. The molecule has 0 radical (unpaired) electrons. The van der Waals surface area contributed by atoms with E-state index >= 15 is 0 Å². The number of ketones is 1. The highest BCUT2D eigenvalue weighted by Gasteiger charge is 2.58. The number of benzene rings is 3. The highest BCUT2D eigenvalue weighted by atomic mass is 16.2. The minimum Gasteiger partial charge on any atom is -0.338 e. The van der Waals surface area contributed by atoms with Crippen molar-refractivity contribution in [3.8, 4) is 0 Å². The third-order valence-corrected chi connectivity index (χ3v) is 7.96. The first kappa shape index (κ1) is 27.6. The van der Waals surface area contributed by atoms with Crippen molar-refractivity contribution >= 4 is 17.7 Å². The minimum atomic E-state index is -0.844. The summed E-state index contributed by atoms with van der Waals surface area (Å²) >= 11 is 0. The number of carbonyl (C=O) groups excluding carboxylic acids is 3. The van der Waals surface area contributed by atoms with Crippen molar-refractivity contribution in [2.75, 3.05) is 26.2 Å². The normalized spacial score (nSPS) is 22.8. The second-order valence-corrected chi connectivity index (χ2v) is 11.1. The van der Waals surface area contributed by atoms with E-state index in [9.17, 15) is 14.4 Å². The van der Waals surface area contributed by atoms with E-state index in [4.69, 9.17) is 0 Å². The van der Waals surface area contributed by atoms with Crippen LogP contribution in [0, 0.1) is 12.8 Å². The predicted molar refractivity (Wildman–Crippen MR) is 156 cm³/mol. The molecule has 4 unspecified atom stereocenters. The van der Waals surface area contributed by atoms with Crippen molar-refractivity contribution in [3.05, 3.63) is 107 Å². The third kappa shape index (κ3) is 5.52. The lowest BCUT2D eigenvalue weighted by Gasteiger charge is -2.36. The fourth-order valence-corrected chi connectivity index (χ4v) is 6.13. The van der Waals surface area contributed by atoms with Crippen LogP contribution in [-0.4, -0.2) is 65.8 Å². The second-order valence-electron chi connectivity index (χ2n) is 11.1. The van der Waals surface area contributed by atoms with Crippen LogP contribution in [0.2, 0.25) is 0 Å². The Morgan fingerprint density at radius 2 is 1.43 bits per heavy atom. The lowest BCUT2D eigenvalue weighted by Crippen LogP contribution is -2.56. The van der Waals surface area contributed by atoms with Crippen LogP contribution >= 0.6 is 0 Å². The molecule has 4 atom stereocenters. The molecule has 2 saturated heterocycles. The zero-order valence-electron chi connectivity index (χ0n) is 23.4. The van der Waals surface area contributed by atoms with Crippen molar-refractivity contribution in [2.45, 2.75) is 44.8 Å². The molecule has 0 aromatic heterocycles. The number of aryl methyl sites for hydroxylation is 1. The number of nitrogens with one attached hydrogen (secondary N) is 2. The van der Waals surface area contributed by atoms with Crippen LogP contribution in [0.1, 0.15) is 52.9 Å². The quantitative estimate of drug-likeness (QED) is 0.451. The largest absolute Gasteiger partial charge is 0.338 e. The second kappa shape index (κ2) is 12.0. The number of hydrogen-bond donors (Lipinski definition) is 2. The summed E-state index contributed by atoms with van der Waals surface area (Å²) in [6, 6.07) is 25.0. The zero-order chi connectivity index (χ0) is 28.2. The standard InChI is InChI=1S/C33H38N4O3/c1-22(2)35-33(40)37-29(25-16-14-23(3)15-17-25)28(31(38)26-12-8-5-9-13-26)27(24-10-6-4-7-11-24)30(37)32(39)36-20-18-34-19-21-36/h4-17,22,27-30,34H,18-21H2,1-3H3,(H,35,40). The van der Waals surface area contributed by atoms with Crippen molar-refractivity contribution < 1.29 is 14.4 Å². The first-order valence-electron chi connectivity index (χ1n) is 14.2. The Bertz CT molecular complexity index is 1320. The summed E-state index contributed by atoms with van der Waals surface area (Å²) in [4.78, 5) is 46.6. The lowest BCUT2D eigenvalue weighted by atomic mass is 9.76. The molecule has 0 aliphatic carbocycles. The monoisotopic (exact) mass is 538 g/mol. The maximum atomic E-state index is 14.5. The number of hydrogen-bond acceptors (Lipinski definition) is 4. The van der Waals surface area contributed by atoms with Gasteiger partial charge in [0.15, 0.2) is 5.78 Å². The maximum absolute atomic E-state index is 14.5. The van der Waals surface area contributed by atoms with Crippen LogP contribution in [0.5, 0.6) is 0 Å². The van der Waals surface area contributed by atoms with E-state index in [-0.39, 0.29) is 23.8 Å². The molecule has 3 aromatic carbocycles. The molecular formula is C33H38N4O3. The number of nitrogens with zero attached hydrogens (tertiary/aromatic N) is 2. The van der Waals surface area contributed by atoms with E-state index in [2.05, 4.69) is 10.6 Å².